The summed E-state index contributed by atoms with van der Waals surface area (Å²) in [7, 11) is 0. The Morgan fingerprint density at radius 2 is 1.56 bits per heavy atom. The molecule has 0 aliphatic heterocycles. The van der Waals surface area contributed by atoms with Gasteiger partial charge < -0.3 is 11.1 Å². The normalized spacial score (nSPS) is 12.2. The maximum atomic E-state index is 13.4. The molecule has 3 aromatic carbocycles. The highest BCUT2D eigenvalue weighted by Gasteiger charge is 2.25. The van der Waals surface area contributed by atoms with Crippen LogP contribution in [0.5, 0.6) is 0 Å². The second-order valence-electron chi connectivity index (χ2n) is 7.56. The highest BCUT2D eigenvalue weighted by Crippen LogP contribution is 2.31. The smallest absolute Gasteiger partial charge is 0.257 e. The van der Waals surface area contributed by atoms with Gasteiger partial charge in [-0.1, -0.05) is 58.4 Å². The van der Waals surface area contributed by atoms with Gasteiger partial charge in [0.05, 0.1) is 17.1 Å². The zero-order valence-electron chi connectivity index (χ0n) is 17.3. The summed E-state index contributed by atoms with van der Waals surface area (Å²) < 4.78 is 2.73. The molecule has 158 valence electrons. The number of rotatable bonds is 4. The van der Waals surface area contributed by atoms with E-state index in [4.69, 9.17) is 15.7 Å². The molecule has 6 nitrogen and oxygen atoms in total. The van der Waals surface area contributed by atoms with E-state index in [1.54, 1.807) is 4.57 Å². The Kier molecular flexibility index (Phi) is 5.11. The highest BCUT2D eigenvalue weighted by molar-refractivity contribution is 9.10. The summed E-state index contributed by atoms with van der Waals surface area (Å²) in [5.41, 5.74) is 11.2. The Labute approximate surface area is 193 Å². The number of fused-ring (bicyclic) bond motifs is 2. The fourth-order valence-corrected chi connectivity index (χ4v) is 4.10. The Bertz CT molecular complexity index is 1440. The topological polar surface area (TPSA) is 85.8 Å². The molecule has 2 heterocycles. The number of aromatic nitrogens is 3. The van der Waals surface area contributed by atoms with Gasteiger partial charge in [0.25, 0.3) is 5.91 Å². The summed E-state index contributed by atoms with van der Waals surface area (Å²) in [5, 5.41) is 3.06. The molecule has 1 amide bonds. The SMILES string of the molecule is CC(NC(=O)c1c(N)n(-c2ccc(Br)cc2)c2nc3ccccc3nc12)c1ccccc1. The number of nitrogens with one attached hydrogen (secondary N) is 1. The molecule has 2 aromatic heterocycles. The molecule has 0 fully saturated rings. The van der Waals surface area contributed by atoms with Crippen LogP contribution < -0.4 is 11.1 Å². The first-order valence-corrected chi connectivity index (χ1v) is 11.0. The van der Waals surface area contributed by atoms with Crippen molar-refractivity contribution in [3.05, 3.63) is 94.5 Å². The molecule has 0 saturated carbocycles. The molecule has 1 unspecified atom stereocenters. The number of amides is 1. The van der Waals surface area contributed by atoms with Gasteiger partial charge >= 0.3 is 0 Å². The molecule has 5 aromatic rings. The number of anilines is 1. The molecule has 0 radical (unpaired) electrons. The largest absolute Gasteiger partial charge is 0.384 e. The van der Waals surface area contributed by atoms with Crippen molar-refractivity contribution < 1.29 is 4.79 Å². The van der Waals surface area contributed by atoms with Gasteiger partial charge in [-0.05, 0) is 48.9 Å². The average Bonchev–Trinajstić information content (AvgIpc) is 3.09. The lowest BCUT2D eigenvalue weighted by Gasteiger charge is -2.14. The van der Waals surface area contributed by atoms with Gasteiger partial charge in [-0.15, -0.1) is 0 Å². The third-order valence-electron chi connectivity index (χ3n) is 5.46. The second-order valence-corrected chi connectivity index (χ2v) is 8.48. The van der Waals surface area contributed by atoms with E-state index >= 15 is 0 Å². The van der Waals surface area contributed by atoms with Crippen LogP contribution in [0.2, 0.25) is 0 Å². The van der Waals surface area contributed by atoms with Gasteiger partial charge in [0.15, 0.2) is 5.65 Å². The van der Waals surface area contributed by atoms with Crippen LogP contribution in [-0.2, 0) is 0 Å². The third-order valence-corrected chi connectivity index (χ3v) is 5.99. The van der Waals surface area contributed by atoms with Crippen molar-refractivity contribution in [2.45, 2.75) is 13.0 Å². The molecule has 0 spiro atoms. The number of hydrogen-bond acceptors (Lipinski definition) is 4. The average molecular weight is 486 g/mol. The first-order chi connectivity index (χ1) is 15.5. The molecule has 0 aliphatic carbocycles. The fourth-order valence-electron chi connectivity index (χ4n) is 3.83. The van der Waals surface area contributed by atoms with E-state index in [0.29, 0.717) is 28.1 Å². The van der Waals surface area contributed by atoms with Crippen LogP contribution in [0.15, 0.2) is 83.3 Å². The van der Waals surface area contributed by atoms with Crippen LogP contribution in [0.3, 0.4) is 0 Å². The summed E-state index contributed by atoms with van der Waals surface area (Å²) in [4.78, 5) is 23.0. The lowest BCUT2D eigenvalue weighted by atomic mass is 10.1. The van der Waals surface area contributed by atoms with E-state index < -0.39 is 0 Å². The van der Waals surface area contributed by atoms with E-state index in [0.717, 1.165) is 21.2 Å². The van der Waals surface area contributed by atoms with Crippen LogP contribution >= 0.6 is 15.9 Å². The highest BCUT2D eigenvalue weighted by atomic mass is 79.9. The van der Waals surface area contributed by atoms with Gasteiger partial charge in [0.1, 0.15) is 16.9 Å². The van der Waals surface area contributed by atoms with E-state index in [-0.39, 0.29) is 11.9 Å². The van der Waals surface area contributed by atoms with Crippen molar-refractivity contribution in [3.63, 3.8) is 0 Å². The van der Waals surface area contributed by atoms with E-state index in [9.17, 15) is 4.79 Å². The lowest BCUT2D eigenvalue weighted by molar-refractivity contribution is 0.0942. The zero-order chi connectivity index (χ0) is 22.2. The van der Waals surface area contributed by atoms with Gasteiger partial charge in [-0.2, -0.15) is 0 Å². The number of nitrogen functional groups attached to an aromatic ring is 1. The van der Waals surface area contributed by atoms with Crippen molar-refractivity contribution in [3.8, 4) is 5.69 Å². The molecule has 1 atom stereocenters. The monoisotopic (exact) mass is 485 g/mol. The minimum Gasteiger partial charge on any atom is -0.384 e. The lowest BCUT2D eigenvalue weighted by Crippen LogP contribution is -2.27. The molecule has 0 bridgehead atoms. The standard InChI is InChI=1S/C25H20BrN5O/c1-15(16-7-3-2-4-8-16)28-25(32)21-22-24(30-20-10-6-5-9-19(20)29-22)31(23(21)27)18-13-11-17(26)12-14-18/h2-15H,27H2,1H3,(H,28,32). The number of benzene rings is 3. The fraction of sp³-hybridized carbons (Fsp3) is 0.0800. The number of carbonyl (C=O) groups is 1. The molecular weight excluding hydrogens is 466 g/mol. The number of carbonyl (C=O) groups excluding carboxylic acids is 1. The predicted molar refractivity (Wildman–Crippen MR) is 131 cm³/mol. The number of nitrogens with zero attached hydrogens (tertiary/aromatic N) is 3. The quantitative estimate of drug-likeness (QED) is 0.356. The minimum absolute atomic E-state index is 0.192. The predicted octanol–water partition coefficient (Wildman–Crippen LogP) is 5.41. The number of nitrogens with two attached hydrogens (primary N) is 1. The number of para-hydroxylation sites is 2. The van der Waals surface area contributed by atoms with Gasteiger partial charge in [-0.25, -0.2) is 9.97 Å². The first-order valence-electron chi connectivity index (χ1n) is 10.2. The first kappa shape index (κ1) is 20.2. The second kappa shape index (κ2) is 8.09. The molecule has 32 heavy (non-hydrogen) atoms. The summed E-state index contributed by atoms with van der Waals surface area (Å²) in [6.07, 6.45) is 0. The van der Waals surface area contributed by atoms with Crippen LogP contribution in [0.1, 0.15) is 28.9 Å². The van der Waals surface area contributed by atoms with Gasteiger partial charge in [-0.3, -0.25) is 9.36 Å². The molecular formula is C25H20BrN5O. The maximum Gasteiger partial charge on any atom is 0.257 e. The summed E-state index contributed by atoms with van der Waals surface area (Å²) in [5.74, 6) is 0.0136. The van der Waals surface area contributed by atoms with Crippen molar-refractivity contribution in [1.82, 2.24) is 19.9 Å². The van der Waals surface area contributed by atoms with Crippen LogP contribution in [-0.4, -0.2) is 20.4 Å². The van der Waals surface area contributed by atoms with Crippen molar-refractivity contribution in [1.29, 1.82) is 0 Å². The van der Waals surface area contributed by atoms with Crippen molar-refractivity contribution >= 4 is 49.9 Å². The van der Waals surface area contributed by atoms with Crippen LogP contribution in [0, 0.1) is 0 Å². The molecule has 3 N–H and O–H groups in total. The van der Waals surface area contributed by atoms with Crippen LogP contribution in [0.4, 0.5) is 5.82 Å². The summed E-state index contributed by atoms with van der Waals surface area (Å²) in [6, 6.07) is 24.9. The Balaban J connectivity index is 1.69. The third kappa shape index (κ3) is 3.50. The minimum atomic E-state index is -0.288. The Morgan fingerprint density at radius 1 is 0.938 bits per heavy atom. The Hall–Kier alpha value is -3.71. The van der Waals surface area contributed by atoms with Gasteiger partial charge in [0.2, 0.25) is 0 Å². The molecule has 5 rings (SSSR count). The summed E-state index contributed by atoms with van der Waals surface area (Å²) >= 11 is 3.46. The zero-order valence-corrected chi connectivity index (χ0v) is 18.9. The van der Waals surface area contributed by atoms with Crippen LogP contribution in [0.25, 0.3) is 27.9 Å². The summed E-state index contributed by atoms with van der Waals surface area (Å²) in [6.45, 7) is 1.94. The van der Waals surface area contributed by atoms with E-state index in [1.807, 2.05) is 85.8 Å². The van der Waals surface area contributed by atoms with Gasteiger partial charge in [0, 0.05) is 10.2 Å². The molecule has 7 heteroatoms. The molecule has 0 saturated heterocycles. The maximum absolute atomic E-state index is 13.4. The van der Waals surface area contributed by atoms with E-state index in [2.05, 4.69) is 21.2 Å². The molecule has 0 aliphatic rings. The number of hydrogen-bond donors (Lipinski definition) is 2. The van der Waals surface area contributed by atoms with E-state index in [1.165, 1.54) is 0 Å². The van der Waals surface area contributed by atoms with Crippen molar-refractivity contribution in [2.24, 2.45) is 0 Å². The number of halogens is 1. The Morgan fingerprint density at radius 3 is 2.25 bits per heavy atom. The van der Waals surface area contributed by atoms with Crippen molar-refractivity contribution in [2.75, 3.05) is 5.73 Å².